The number of carbonyl (C=O) groups excluding carboxylic acids is 1. The van der Waals surface area contributed by atoms with Gasteiger partial charge in [0.15, 0.2) is 0 Å². The lowest BCUT2D eigenvalue weighted by Gasteiger charge is -2.23. The molecule has 7 nitrogen and oxygen atoms in total. The summed E-state index contributed by atoms with van der Waals surface area (Å²) in [7, 11) is -4.03. The van der Waals surface area contributed by atoms with Gasteiger partial charge in [-0.3, -0.25) is 9.36 Å². The van der Waals surface area contributed by atoms with Gasteiger partial charge in [0.1, 0.15) is 12.4 Å². The van der Waals surface area contributed by atoms with Crippen LogP contribution in [-0.4, -0.2) is 34.0 Å². The highest BCUT2D eigenvalue weighted by atomic mass is 31.2. The normalized spacial score (nSPS) is 14.4. The molecule has 178 valence electrons. The minimum absolute atomic E-state index is 0.0197. The van der Waals surface area contributed by atoms with Crippen LogP contribution >= 0.6 is 7.37 Å². The number of alkyl carbamates (subject to hydrolysis) is 1. The molecule has 1 amide bonds. The van der Waals surface area contributed by atoms with Crippen LogP contribution in [0.25, 0.3) is 11.1 Å². The first-order chi connectivity index (χ1) is 16.2. The number of amides is 1. The van der Waals surface area contributed by atoms with E-state index in [9.17, 15) is 24.2 Å². The summed E-state index contributed by atoms with van der Waals surface area (Å²) in [6, 6.07) is 26.2. The fourth-order valence-corrected chi connectivity index (χ4v) is 5.03. The molecule has 0 bridgehead atoms. The van der Waals surface area contributed by atoms with Crippen LogP contribution in [0, 0.1) is 5.92 Å². The molecule has 0 aliphatic rings. The van der Waals surface area contributed by atoms with Gasteiger partial charge in [0.05, 0.1) is 5.92 Å². The second-order valence-electron chi connectivity index (χ2n) is 8.12. The molecular weight excluding hydrogens is 453 g/mol. The van der Waals surface area contributed by atoms with Gasteiger partial charge in [-0.2, -0.15) is 0 Å². The van der Waals surface area contributed by atoms with E-state index in [1.807, 2.05) is 72.8 Å². The zero-order chi connectivity index (χ0) is 24.6. The van der Waals surface area contributed by atoms with Crippen molar-refractivity contribution >= 4 is 19.4 Å². The lowest BCUT2D eigenvalue weighted by molar-refractivity contribution is -0.141. The molecule has 0 heterocycles. The number of aliphatic carboxylic acids is 1. The van der Waals surface area contributed by atoms with E-state index >= 15 is 0 Å². The number of rotatable bonds is 10. The third-order valence-corrected chi connectivity index (χ3v) is 7.82. The highest BCUT2D eigenvalue weighted by Crippen LogP contribution is 2.47. The minimum atomic E-state index is -4.03. The molecular formula is C26H28NO6P. The molecule has 0 aliphatic heterocycles. The summed E-state index contributed by atoms with van der Waals surface area (Å²) < 4.78 is 18.0. The van der Waals surface area contributed by atoms with Crippen molar-refractivity contribution in [3.8, 4) is 11.1 Å². The van der Waals surface area contributed by atoms with Crippen LogP contribution in [0.5, 0.6) is 0 Å². The molecule has 34 heavy (non-hydrogen) atoms. The molecule has 3 rings (SSSR count). The van der Waals surface area contributed by atoms with E-state index in [2.05, 4.69) is 5.32 Å². The summed E-state index contributed by atoms with van der Waals surface area (Å²) in [5.41, 5.74) is 3.57. The smallest absolute Gasteiger partial charge is 0.408 e. The number of hydrogen-bond donors (Lipinski definition) is 3. The summed E-state index contributed by atoms with van der Waals surface area (Å²) in [4.78, 5) is 34.4. The SMILES string of the molecule is C[C@H](NC(=O)OCc1ccccc1)P(=O)(O)C[C@@H](Cc1ccc(-c2ccccc2)cc1)C(=O)O. The molecule has 3 aromatic carbocycles. The molecule has 0 aliphatic carbocycles. The first kappa shape index (κ1) is 25.2. The highest BCUT2D eigenvalue weighted by molar-refractivity contribution is 7.58. The summed E-state index contributed by atoms with van der Waals surface area (Å²) in [6.07, 6.45) is -1.21. The number of carbonyl (C=O) groups is 2. The number of carboxylic acid groups (broad SMARTS) is 1. The average Bonchev–Trinajstić information content (AvgIpc) is 2.84. The topological polar surface area (TPSA) is 113 Å². The van der Waals surface area contributed by atoms with Gasteiger partial charge >= 0.3 is 12.1 Å². The van der Waals surface area contributed by atoms with Crippen molar-refractivity contribution in [1.29, 1.82) is 0 Å². The van der Waals surface area contributed by atoms with Crippen LogP contribution < -0.4 is 5.32 Å². The fourth-order valence-electron chi connectivity index (χ4n) is 3.49. The van der Waals surface area contributed by atoms with E-state index in [1.165, 1.54) is 6.92 Å². The van der Waals surface area contributed by atoms with E-state index in [0.717, 1.165) is 22.3 Å². The van der Waals surface area contributed by atoms with Crippen molar-refractivity contribution in [1.82, 2.24) is 5.32 Å². The molecule has 0 fully saturated rings. The van der Waals surface area contributed by atoms with Gasteiger partial charge in [-0.15, -0.1) is 0 Å². The van der Waals surface area contributed by atoms with Crippen LogP contribution in [-0.2, 0) is 27.1 Å². The van der Waals surface area contributed by atoms with Crippen LogP contribution in [0.2, 0.25) is 0 Å². The van der Waals surface area contributed by atoms with Crippen molar-refractivity contribution in [3.63, 3.8) is 0 Å². The molecule has 0 saturated heterocycles. The zero-order valence-corrected chi connectivity index (χ0v) is 19.7. The molecule has 8 heteroatoms. The van der Waals surface area contributed by atoms with Gasteiger partial charge in [-0.05, 0) is 35.6 Å². The standard InChI is InChI=1S/C26H28NO6P/c1-19(27-26(30)33-17-21-8-4-2-5-9-21)34(31,32)18-24(25(28)29)16-20-12-14-23(15-13-20)22-10-6-3-7-11-22/h2-15,19,24H,16-18H2,1H3,(H,27,30)(H,28,29)(H,31,32)/t19-,24-/m1/s1. The number of benzene rings is 3. The Bertz CT molecular complexity index is 1130. The van der Waals surface area contributed by atoms with Crippen molar-refractivity contribution in [2.24, 2.45) is 5.92 Å². The molecule has 0 saturated carbocycles. The maximum Gasteiger partial charge on any atom is 0.408 e. The lowest BCUT2D eigenvalue weighted by Crippen LogP contribution is -2.35. The Kier molecular flexibility index (Phi) is 8.63. The van der Waals surface area contributed by atoms with Gasteiger partial charge in [0.25, 0.3) is 0 Å². The monoisotopic (exact) mass is 481 g/mol. The van der Waals surface area contributed by atoms with Gasteiger partial charge < -0.3 is 20.1 Å². The van der Waals surface area contributed by atoms with E-state index in [4.69, 9.17) is 4.74 Å². The Morgan fingerprint density at radius 3 is 2.03 bits per heavy atom. The highest BCUT2D eigenvalue weighted by Gasteiger charge is 2.35. The number of nitrogens with one attached hydrogen (secondary N) is 1. The quantitative estimate of drug-likeness (QED) is 0.346. The molecule has 3 aromatic rings. The van der Waals surface area contributed by atoms with Crippen LogP contribution in [0.15, 0.2) is 84.9 Å². The maximum atomic E-state index is 12.9. The van der Waals surface area contributed by atoms with E-state index in [0.29, 0.717) is 0 Å². The molecule has 0 radical (unpaired) electrons. The van der Waals surface area contributed by atoms with Gasteiger partial charge in [-0.1, -0.05) is 84.9 Å². The molecule has 3 atom stereocenters. The summed E-state index contributed by atoms with van der Waals surface area (Å²) >= 11 is 0. The third-order valence-electron chi connectivity index (χ3n) is 5.52. The maximum absolute atomic E-state index is 12.9. The molecule has 3 N–H and O–H groups in total. The van der Waals surface area contributed by atoms with Crippen molar-refractivity contribution in [3.05, 3.63) is 96.1 Å². The average molecular weight is 481 g/mol. The van der Waals surface area contributed by atoms with E-state index in [1.54, 1.807) is 12.1 Å². The second kappa shape index (κ2) is 11.6. The molecule has 0 spiro atoms. The number of ether oxygens (including phenoxy) is 1. The number of hydrogen-bond acceptors (Lipinski definition) is 4. The van der Waals surface area contributed by atoms with Crippen molar-refractivity contribution < 1.29 is 28.9 Å². The molecule has 0 aromatic heterocycles. The van der Waals surface area contributed by atoms with Gasteiger partial charge in [-0.25, -0.2) is 4.79 Å². The predicted molar refractivity (Wildman–Crippen MR) is 131 cm³/mol. The Labute approximate surface area is 198 Å². The van der Waals surface area contributed by atoms with Gasteiger partial charge in [0.2, 0.25) is 7.37 Å². The second-order valence-corrected chi connectivity index (χ2v) is 10.8. The van der Waals surface area contributed by atoms with Crippen molar-refractivity contribution in [2.75, 3.05) is 6.16 Å². The lowest BCUT2D eigenvalue weighted by atomic mass is 9.98. The van der Waals surface area contributed by atoms with Crippen LogP contribution in [0.4, 0.5) is 4.79 Å². The zero-order valence-electron chi connectivity index (χ0n) is 18.8. The Hall–Kier alpha value is -3.41. The van der Waals surface area contributed by atoms with Crippen LogP contribution in [0.3, 0.4) is 0 Å². The van der Waals surface area contributed by atoms with Gasteiger partial charge in [0, 0.05) is 6.16 Å². The van der Waals surface area contributed by atoms with E-state index < -0.39 is 37.3 Å². The summed E-state index contributed by atoms with van der Waals surface area (Å²) in [5.74, 6) is -3.40. The third kappa shape index (κ3) is 7.30. The minimum Gasteiger partial charge on any atom is -0.481 e. The molecule has 1 unspecified atom stereocenters. The summed E-state index contributed by atoms with van der Waals surface area (Å²) in [5, 5.41) is 12.0. The Morgan fingerprint density at radius 2 is 1.44 bits per heavy atom. The largest absolute Gasteiger partial charge is 0.481 e. The first-order valence-corrected chi connectivity index (χ1v) is 12.8. The predicted octanol–water partition coefficient (Wildman–Crippen LogP) is 5.14. The number of carboxylic acids is 1. The fraction of sp³-hybridized carbons (Fsp3) is 0.231. The summed E-state index contributed by atoms with van der Waals surface area (Å²) in [6.45, 7) is 1.39. The van der Waals surface area contributed by atoms with E-state index in [-0.39, 0.29) is 13.0 Å². The Morgan fingerprint density at radius 1 is 0.882 bits per heavy atom. The van der Waals surface area contributed by atoms with Crippen molar-refractivity contribution in [2.45, 2.75) is 25.7 Å². The first-order valence-electron chi connectivity index (χ1n) is 10.9. The Balaban J connectivity index is 1.58. The van der Waals surface area contributed by atoms with Crippen LogP contribution in [0.1, 0.15) is 18.1 Å².